The lowest BCUT2D eigenvalue weighted by Crippen LogP contribution is -2.32. The number of rotatable bonds is 9. The van der Waals surface area contributed by atoms with Gasteiger partial charge in [-0.15, -0.1) is 11.3 Å². The maximum atomic E-state index is 13.2. The number of carbonyl (C=O) groups is 1. The first-order valence-electron chi connectivity index (χ1n) is 10.8. The van der Waals surface area contributed by atoms with Crippen molar-refractivity contribution in [3.8, 4) is 0 Å². The number of nitrogens with one attached hydrogen (secondary N) is 1. The summed E-state index contributed by atoms with van der Waals surface area (Å²) < 4.78 is 39.5. The first-order valence-corrected chi connectivity index (χ1v) is 11.7. The van der Waals surface area contributed by atoms with Gasteiger partial charge < -0.3 is 5.32 Å². The molecule has 4 nitrogen and oxygen atoms in total. The van der Waals surface area contributed by atoms with E-state index in [9.17, 15) is 18.0 Å². The first-order chi connectivity index (χ1) is 15.6. The summed E-state index contributed by atoms with van der Waals surface area (Å²) >= 11 is 1.38. The van der Waals surface area contributed by atoms with E-state index >= 15 is 0 Å². The van der Waals surface area contributed by atoms with Gasteiger partial charge in [-0.05, 0) is 37.5 Å². The molecular formula is C25H28F3N3OS. The van der Waals surface area contributed by atoms with Crippen LogP contribution in [0.3, 0.4) is 0 Å². The highest BCUT2D eigenvalue weighted by Crippen LogP contribution is 2.30. The molecule has 0 spiro atoms. The molecule has 2 aromatic carbocycles. The molecule has 1 atom stereocenters. The smallest absolute Gasteiger partial charge is 0.348 e. The Bertz CT molecular complexity index is 1060. The van der Waals surface area contributed by atoms with Crippen LogP contribution in [0.2, 0.25) is 0 Å². The van der Waals surface area contributed by atoms with Crippen LogP contribution >= 0.6 is 11.3 Å². The number of alkyl halides is 3. The number of carbonyl (C=O) groups excluding carboxylic acids is 1. The third kappa shape index (κ3) is 7.40. The number of aromatic nitrogens is 1. The van der Waals surface area contributed by atoms with Crippen LogP contribution in [0.4, 0.5) is 13.2 Å². The molecular weight excluding hydrogens is 447 g/mol. The second-order valence-corrected chi connectivity index (χ2v) is 9.18. The Kier molecular flexibility index (Phi) is 8.26. The van der Waals surface area contributed by atoms with Crippen molar-refractivity contribution < 1.29 is 18.0 Å². The van der Waals surface area contributed by atoms with Crippen LogP contribution in [-0.4, -0.2) is 21.8 Å². The Balaban J connectivity index is 1.79. The van der Waals surface area contributed by atoms with Gasteiger partial charge in [-0.1, -0.05) is 55.0 Å². The van der Waals surface area contributed by atoms with E-state index in [2.05, 4.69) is 10.3 Å². The Morgan fingerprint density at radius 3 is 2.45 bits per heavy atom. The SMILES string of the molecule is CCC(C)NC(=O)c1csc(CN(Cc2ccc(C)cc2)Cc2cccc(C(F)(F)F)c2)n1. The normalized spacial score (nSPS) is 12.7. The van der Waals surface area contributed by atoms with Crippen LogP contribution in [0.1, 0.15) is 58.0 Å². The van der Waals surface area contributed by atoms with Crippen molar-refractivity contribution in [3.05, 3.63) is 86.9 Å². The maximum absolute atomic E-state index is 13.2. The molecule has 0 aliphatic heterocycles. The minimum atomic E-state index is -4.38. The Labute approximate surface area is 196 Å². The third-order valence-corrected chi connectivity index (χ3v) is 6.15. The molecule has 1 heterocycles. The fraction of sp³-hybridized carbons (Fsp3) is 0.360. The zero-order valence-corrected chi connectivity index (χ0v) is 19.8. The molecule has 0 fully saturated rings. The highest BCUT2D eigenvalue weighted by Gasteiger charge is 2.30. The van der Waals surface area contributed by atoms with E-state index in [4.69, 9.17) is 0 Å². The van der Waals surface area contributed by atoms with Gasteiger partial charge in [-0.3, -0.25) is 9.69 Å². The summed E-state index contributed by atoms with van der Waals surface area (Å²) in [7, 11) is 0. The minimum Gasteiger partial charge on any atom is -0.348 e. The van der Waals surface area contributed by atoms with Gasteiger partial charge in [0.2, 0.25) is 0 Å². The van der Waals surface area contributed by atoms with Gasteiger partial charge in [-0.2, -0.15) is 13.2 Å². The van der Waals surface area contributed by atoms with E-state index in [0.29, 0.717) is 30.9 Å². The second kappa shape index (κ2) is 10.9. The zero-order valence-electron chi connectivity index (χ0n) is 18.9. The number of benzene rings is 2. The second-order valence-electron chi connectivity index (χ2n) is 8.24. The predicted octanol–water partition coefficient (Wildman–Crippen LogP) is 6.20. The van der Waals surface area contributed by atoms with Gasteiger partial charge >= 0.3 is 6.18 Å². The molecule has 0 bridgehead atoms. The zero-order chi connectivity index (χ0) is 24.0. The topological polar surface area (TPSA) is 45.2 Å². The predicted molar refractivity (Wildman–Crippen MR) is 125 cm³/mol. The van der Waals surface area contributed by atoms with Gasteiger partial charge in [0.1, 0.15) is 10.7 Å². The summed E-state index contributed by atoms with van der Waals surface area (Å²) in [4.78, 5) is 18.9. The number of halogens is 3. The standard InChI is InChI=1S/C25H28F3N3OS/c1-4-18(3)29-24(32)22-16-33-23(30-22)15-31(13-19-10-8-17(2)9-11-19)14-20-6-5-7-21(12-20)25(26,27)28/h5-12,16,18H,4,13-15H2,1-3H3,(H,29,32). The lowest BCUT2D eigenvalue weighted by atomic mass is 10.1. The maximum Gasteiger partial charge on any atom is 0.416 e. The molecule has 33 heavy (non-hydrogen) atoms. The molecule has 0 aliphatic rings. The van der Waals surface area contributed by atoms with E-state index < -0.39 is 11.7 Å². The molecule has 3 rings (SSSR count). The summed E-state index contributed by atoms with van der Waals surface area (Å²) in [5.74, 6) is -0.213. The number of hydrogen-bond donors (Lipinski definition) is 1. The largest absolute Gasteiger partial charge is 0.416 e. The highest BCUT2D eigenvalue weighted by atomic mass is 32.1. The minimum absolute atomic E-state index is 0.0570. The number of aryl methyl sites for hydroxylation is 1. The van der Waals surface area contributed by atoms with Crippen molar-refractivity contribution in [3.63, 3.8) is 0 Å². The van der Waals surface area contributed by atoms with Gasteiger partial charge in [-0.25, -0.2) is 4.98 Å². The van der Waals surface area contributed by atoms with Crippen LogP contribution in [0.15, 0.2) is 53.9 Å². The van der Waals surface area contributed by atoms with Crippen molar-refractivity contribution in [1.29, 1.82) is 0 Å². The van der Waals surface area contributed by atoms with Gasteiger partial charge in [0.15, 0.2) is 0 Å². The highest BCUT2D eigenvalue weighted by molar-refractivity contribution is 7.09. The number of hydrogen-bond acceptors (Lipinski definition) is 4. The molecule has 0 saturated heterocycles. The Morgan fingerprint density at radius 1 is 1.09 bits per heavy atom. The Hall–Kier alpha value is -2.71. The molecule has 3 aromatic rings. The van der Waals surface area contributed by atoms with Crippen LogP contribution in [0.5, 0.6) is 0 Å². The van der Waals surface area contributed by atoms with Crippen molar-refractivity contribution in [1.82, 2.24) is 15.2 Å². The van der Waals surface area contributed by atoms with Crippen molar-refractivity contribution in [2.75, 3.05) is 0 Å². The van der Waals surface area contributed by atoms with Crippen LogP contribution in [-0.2, 0) is 25.8 Å². The molecule has 1 amide bonds. The molecule has 0 aliphatic carbocycles. The number of thiazole rings is 1. The first kappa shape index (κ1) is 24.9. The van der Waals surface area contributed by atoms with E-state index in [1.165, 1.54) is 23.5 Å². The van der Waals surface area contributed by atoms with Crippen LogP contribution in [0.25, 0.3) is 0 Å². The van der Waals surface area contributed by atoms with Gasteiger partial charge in [0.25, 0.3) is 5.91 Å². The molecule has 8 heteroatoms. The fourth-order valence-electron chi connectivity index (χ4n) is 3.30. The van der Waals surface area contributed by atoms with E-state index in [-0.39, 0.29) is 11.9 Å². The van der Waals surface area contributed by atoms with Gasteiger partial charge in [0, 0.05) is 24.5 Å². The van der Waals surface area contributed by atoms with E-state index in [1.807, 2.05) is 49.9 Å². The molecule has 176 valence electrons. The van der Waals surface area contributed by atoms with Crippen LogP contribution in [0, 0.1) is 6.92 Å². The van der Waals surface area contributed by atoms with Crippen molar-refractivity contribution >= 4 is 17.2 Å². The lowest BCUT2D eigenvalue weighted by molar-refractivity contribution is -0.137. The fourth-order valence-corrected chi connectivity index (χ4v) is 4.12. The Morgan fingerprint density at radius 2 is 1.79 bits per heavy atom. The van der Waals surface area contributed by atoms with Gasteiger partial charge in [0.05, 0.1) is 12.1 Å². The van der Waals surface area contributed by atoms with E-state index in [1.54, 1.807) is 11.4 Å². The molecule has 1 N–H and O–H groups in total. The molecule has 0 radical (unpaired) electrons. The molecule has 1 aromatic heterocycles. The summed E-state index contributed by atoms with van der Waals surface area (Å²) in [5, 5.41) is 5.37. The quantitative estimate of drug-likeness (QED) is 0.401. The number of amides is 1. The third-order valence-electron chi connectivity index (χ3n) is 5.32. The molecule has 0 saturated carbocycles. The van der Waals surface area contributed by atoms with E-state index in [0.717, 1.165) is 28.6 Å². The number of nitrogens with zero attached hydrogens (tertiary/aromatic N) is 2. The summed E-state index contributed by atoms with van der Waals surface area (Å²) in [6.45, 7) is 7.23. The summed E-state index contributed by atoms with van der Waals surface area (Å²) in [5.41, 5.74) is 2.47. The summed E-state index contributed by atoms with van der Waals surface area (Å²) in [6, 6.07) is 13.5. The van der Waals surface area contributed by atoms with Crippen molar-refractivity contribution in [2.45, 2.75) is 59.0 Å². The molecule has 1 unspecified atom stereocenters. The lowest BCUT2D eigenvalue weighted by Gasteiger charge is -2.22. The average Bonchev–Trinajstić information content (AvgIpc) is 3.23. The van der Waals surface area contributed by atoms with Crippen LogP contribution < -0.4 is 5.32 Å². The monoisotopic (exact) mass is 475 g/mol. The average molecular weight is 476 g/mol. The van der Waals surface area contributed by atoms with Crippen molar-refractivity contribution in [2.24, 2.45) is 0 Å². The summed E-state index contributed by atoms with van der Waals surface area (Å²) in [6.07, 6.45) is -3.56.